The van der Waals surface area contributed by atoms with E-state index in [-0.39, 0.29) is 0 Å². The molecule has 0 unspecified atom stereocenters. The SMILES string of the molecule is CCCO[Si](Cc1ccccc1)(OCCC)OCCCOCC(C)C. The number of ether oxygens (including phenoxy) is 1. The summed E-state index contributed by atoms with van der Waals surface area (Å²) >= 11 is 0. The summed E-state index contributed by atoms with van der Waals surface area (Å²) in [6.07, 6.45) is 2.78. The van der Waals surface area contributed by atoms with E-state index in [0.717, 1.165) is 38.5 Å². The van der Waals surface area contributed by atoms with Gasteiger partial charge in [-0.25, -0.2) is 0 Å². The van der Waals surface area contributed by atoms with Gasteiger partial charge in [-0.1, -0.05) is 58.0 Å². The maximum Gasteiger partial charge on any atom is 0.505 e. The lowest BCUT2D eigenvalue weighted by atomic mass is 10.2. The van der Waals surface area contributed by atoms with Gasteiger partial charge in [-0.05, 0) is 30.7 Å². The fourth-order valence-corrected chi connectivity index (χ4v) is 5.12. The molecule has 0 radical (unpaired) electrons. The van der Waals surface area contributed by atoms with E-state index in [2.05, 4.69) is 39.8 Å². The maximum atomic E-state index is 6.26. The Hall–Kier alpha value is -0.723. The van der Waals surface area contributed by atoms with E-state index >= 15 is 0 Å². The molecule has 144 valence electrons. The predicted octanol–water partition coefficient (Wildman–Crippen LogP) is 4.64. The Kier molecular flexibility index (Phi) is 12.0. The molecule has 1 rings (SSSR count). The lowest BCUT2D eigenvalue weighted by Crippen LogP contribution is -2.49. The summed E-state index contributed by atoms with van der Waals surface area (Å²) in [4.78, 5) is 0. The first kappa shape index (κ1) is 22.3. The van der Waals surface area contributed by atoms with Crippen LogP contribution >= 0.6 is 0 Å². The Labute approximate surface area is 155 Å². The molecule has 0 aromatic heterocycles. The van der Waals surface area contributed by atoms with E-state index in [0.29, 0.717) is 25.7 Å². The predicted molar refractivity (Wildman–Crippen MR) is 105 cm³/mol. The molecule has 0 heterocycles. The van der Waals surface area contributed by atoms with E-state index < -0.39 is 8.80 Å². The number of hydrogen-bond acceptors (Lipinski definition) is 4. The Morgan fingerprint density at radius 1 is 0.840 bits per heavy atom. The van der Waals surface area contributed by atoms with Gasteiger partial charge in [0.1, 0.15) is 0 Å². The minimum Gasteiger partial charge on any atom is -0.381 e. The zero-order valence-electron chi connectivity index (χ0n) is 16.5. The van der Waals surface area contributed by atoms with Gasteiger partial charge in [0.15, 0.2) is 0 Å². The van der Waals surface area contributed by atoms with Crippen LogP contribution in [0.1, 0.15) is 52.5 Å². The molecule has 0 atom stereocenters. The monoisotopic (exact) mass is 368 g/mol. The molecule has 25 heavy (non-hydrogen) atoms. The smallest absolute Gasteiger partial charge is 0.381 e. The molecule has 0 amide bonds. The lowest BCUT2D eigenvalue weighted by Gasteiger charge is -2.30. The Morgan fingerprint density at radius 3 is 2.00 bits per heavy atom. The van der Waals surface area contributed by atoms with Gasteiger partial charge in [0.2, 0.25) is 0 Å². The standard InChI is InChI=1S/C20H36O4Si/c1-5-13-22-25(23-14-6-2,18-20-11-8-7-9-12-20)24-16-10-15-21-17-19(3)4/h7-9,11-12,19H,5-6,10,13-18H2,1-4H3. The van der Waals surface area contributed by atoms with E-state index in [9.17, 15) is 0 Å². The summed E-state index contributed by atoms with van der Waals surface area (Å²) in [5.74, 6) is 0.563. The van der Waals surface area contributed by atoms with Crippen LogP contribution in [0.15, 0.2) is 30.3 Å². The van der Waals surface area contributed by atoms with E-state index in [1.165, 1.54) is 5.56 Å². The number of hydrogen-bond donors (Lipinski definition) is 0. The lowest BCUT2D eigenvalue weighted by molar-refractivity contribution is 0.0446. The van der Waals surface area contributed by atoms with Crippen molar-refractivity contribution in [3.8, 4) is 0 Å². The largest absolute Gasteiger partial charge is 0.505 e. The van der Waals surface area contributed by atoms with Crippen molar-refractivity contribution in [3.05, 3.63) is 35.9 Å². The summed E-state index contributed by atoms with van der Waals surface area (Å²) in [5, 5.41) is 0. The molecular formula is C20H36O4Si. The average molecular weight is 369 g/mol. The molecular weight excluding hydrogens is 332 g/mol. The third-order valence-electron chi connectivity index (χ3n) is 3.52. The number of rotatable bonds is 15. The second-order valence-corrected chi connectivity index (χ2v) is 9.30. The highest BCUT2D eigenvalue weighted by Gasteiger charge is 2.41. The highest BCUT2D eigenvalue weighted by molar-refractivity contribution is 6.60. The molecule has 0 spiro atoms. The molecule has 0 fully saturated rings. The molecule has 0 saturated carbocycles. The van der Waals surface area contributed by atoms with E-state index in [1.54, 1.807) is 0 Å². The molecule has 0 aliphatic carbocycles. The third-order valence-corrected chi connectivity index (χ3v) is 6.29. The summed E-state index contributed by atoms with van der Waals surface area (Å²) in [6.45, 7) is 12.0. The van der Waals surface area contributed by atoms with Crippen molar-refractivity contribution in [1.29, 1.82) is 0 Å². The highest BCUT2D eigenvalue weighted by atomic mass is 28.4. The molecule has 1 aromatic rings. The van der Waals surface area contributed by atoms with Crippen LogP contribution < -0.4 is 0 Å². The third kappa shape index (κ3) is 10.1. The second kappa shape index (κ2) is 13.5. The minimum absolute atomic E-state index is 0.563. The van der Waals surface area contributed by atoms with Crippen molar-refractivity contribution in [1.82, 2.24) is 0 Å². The van der Waals surface area contributed by atoms with Gasteiger partial charge >= 0.3 is 8.80 Å². The van der Waals surface area contributed by atoms with Gasteiger partial charge in [0.05, 0.1) is 0 Å². The average Bonchev–Trinajstić information content (AvgIpc) is 2.61. The van der Waals surface area contributed by atoms with Crippen molar-refractivity contribution in [2.24, 2.45) is 5.92 Å². The van der Waals surface area contributed by atoms with Crippen LogP contribution in [0.3, 0.4) is 0 Å². The molecule has 5 heteroatoms. The fraction of sp³-hybridized carbons (Fsp3) is 0.700. The molecule has 0 bridgehead atoms. The number of benzene rings is 1. The highest BCUT2D eigenvalue weighted by Crippen LogP contribution is 2.18. The summed E-state index contributed by atoms with van der Waals surface area (Å²) in [5.41, 5.74) is 1.21. The molecule has 4 nitrogen and oxygen atoms in total. The van der Waals surface area contributed by atoms with Gasteiger partial charge in [-0.2, -0.15) is 0 Å². The van der Waals surface area contributed by atoms with Crippen LogP contribution in [0.2, 0.25) is 0 Å². The molecule has 0 aliphatic rings. The first-order valence-electron chi connectivity index (χ1n) is 9.65. The van der Waals surface area contributed by atoms with Crippen LogP contribution in [0.4, 0.5) is 0 Å². The Morgan fingerprint density at radius 2 is 1.44 bits per heavy atom. The fourth-order valence-electron chi connectivity index (χ4n) is 2.35. The summed E-state index contributed by atoms with van der Waals surface area (Å²) < 4.78 is 24.3. The molecule has 1 aromatic carbocycles. The van der Waals surface area contributed by atoms with Crippen molar-refractivity contribution in [2.45, 2.75) is 53.0 Å². The zero-order chi connectivity index (χ0) is 18.4. The Bertz CT molecular complexity index is 417. The summed E-state index contributed by atoms with van der Waals surface area (Å²) in [7, 11) is -2.72. The van der Waals surface area contributed by atoms with Gasteiger partial charge in [0.25, 0.3) is 0 Å². The van der Waals surface area contributed by atoms with Crippen LogP contribution in [-0.2, 0) is 24.1 Å². The van der Waals surface area contributed by atoms with Gasteiger partial charge in [0, 0.05) is 39.1 Å². The minimum atomic E-state index is -2.72. The quantitative estimate of drug-likeness (QED) is 0.334. The zero-order valence-corrected chi connectivity index (χ0v) is 17.5. The maximum absolute atomic E-state index is 6.26. The first-order chi connectivity index (χ1) is 12.1. The molecule has 0 N–H and O–H groups in total. The summed E-state index contributed by atoms with van der Waals surface area (Å²) in [6, 6.07) is 11.1. The van der Waals surface area contributed by atoms with Crippen molar-refractivity contribution in [3.63, 3.8) is 0 Å². The molecule has 0 saturated heterocycles. The van der Waals surface area contributed by atoms with E-state index in [1.807, 2.05) is 18.2 Å². The van der Waals surface area contributed by atoms with Crippen LogP contribution in [0, 0.1) is 5.92 Å². The normalized spacial score (nSPS) is 12.0. The van der Waals surface area contributed by atoms with Gasteiger partial charge in [-0.3, -0.25) is 0 Å². The van der Waals surface area contributed by atoms with Crippen molar-refractivity contribution >= 4 is 8.80 Å². The van der Waals surface area contributed by atoms with Gasteiger partial charge in [-0.15, -0.1) is 0 Å². The van der Waals surface area contributed by atoms with E-state index in [4.69, 9.17) is 18.0 Å². The van der Waals surface area contributed by atoms with Crippen molar-refractivity contribution < 1.29 is 18.0 Å². The second-order valence-electron chi connectivity index (χ2n) is 6.71. The van der Waals surface area contributed by atoms with Crippen LogP contribution in [-0.4, -0.2) is 41.8 Å². The van der Waals surface area contributed by atoms with Crippen LogP contribution in [0.5, 0.6) is 0 Å². The van der Waals surface area contributed by atoms with Gasteiger partial charge < -0.3 is 18.0 Å². The van der Waals surface area contributed by atoms with Crippen molar-refractivity contribution in [2.75, 3.05) is 33.0 Å². The van der Waals surface area contributed by atoms with Crippen LogP contribution in [0.25, 0.3) is 0 Å². The Balaban J connectivity index is 2.63. The first-order valence-corrected chi connectivity index (χ1v) is 11.6. The topological polar surface area (TPSA) is 36.9 Å². The molecule has 0 aliphatic heterocycles.